The maximum Gasteiger partial charge on any atom is 0.340 e. The van der Waals surface area contributed by atoms with Crippen LogP contribution in [0.3, 0.4) is 0 Å². The summed E-state index contributed by atoms with van der Waals surface area (Å²) in [7, 11) is 0. The Labute approximate surface area is 118 Å². The van der Waals surface area contributed by atoms with Crippen LogP contribution in [-0.2, 0) is 16.1 Å². The summed E-state index contributed by atoms with van der Waals surface area (Å²) in [4.78, 5) is 24.7. The molecule has 0 atom stereocenters. The third-order valence-corrected chi connectivity index (χ3v) is 2.73. The van der Waals surface area contributed by atoms with Gasteiger partial charge >= 0.3 is 11.7 Å². The molecule has 0 amide bonds. The number of esters is 1. The van der Waals surface area contributed by atoms with E-state index in [1.807, 2.05) is 30.3 Å². The molecule has 0 fully saturated rings. The maximum absolute atomic E-state index is 11.5. The summed E-state index contributed by atoms with van der Waals surface area (Å²) in [5.41, 5.74) is 0.304. The van der Waals surface area contributed by atoms with Gasteiger partial charge < -0.3 is 9.15 Å². The van der Waals surface area contributed by atoms with Crippen molar-refractivity contribution in [3.8, 4) is 0 Å². The third kappa shape index (κ3) is 3.08. The number of aromatic amines is 2. The topological polar surface area (TPSA) is 101 Å². The van der Waals surface area contributed by atoms with Crippen LogP contribution in [0, 0.1) is 0 Å². The first kappa shape index (κ1) is 12.9. The number of nitrogens with one attached hydrogen (secondary N) is 2. The highest BCUT2D eigenvalue weighted by Gasteiger charge is 2.04. The van der Waals surface area contributed by atoms with E-state index in [0.29, 0.717) is 5.76 Å². The van der Waals surface area contributed by atoms with Gasteiger partial charge in [-0.1, -0.05) is 18.2 Å². The predicted octanol–water partition coefficient (Wildman–Crippen LogP) is 1.60. The van der Waals surface area contributed by atoms with Crippen LogP contribution in [0.2, 0.25) is 0 Å². The van der Waals surface area contributed by atoms with E-state index in [1.165, 1.54) is 12.2 Å². The highest BCUT2D eigenvalue weighted by molar-refractivity contribution is 5.88. The quantitative estimate of drug-likeness (QED) is 0.560. The lowest BCUT2D eigenvalue weighted by molar-refractivity contribution is -0.139. The van der Waals surface area contributed by atoms with Crippen LogP contribution < -0.4 is 5.69 Å². The number of fused-ring (bicyclic) bond motifs is 1. The van der Waals surface area contributed by atoms with Crippen LogP contribution in [0.1, 0.15) is 11.6 Å². The molecule has 3 aromatic rings. The van der Waals surface area contributed by atoms with E-state index in [2.05, 4.69) is 15.2 Å². The van der Waals surface area contributed by atoms with Crippen molar-refractivity contribution in [1.82, 2.24) is 15.2 Å². The highest BCUT2D eigenvalue weighted by atomic mass is 16.5. The minimum Gasteiger partial charge on any atom is -0.457 e. The number of para-hydroxylation sites is 1. The summed E-state index contributed by atoms with van der Waals surface area (Å²) in [6, 6.07) is 9.37. The van der Waals surface area contributed by atoms with Crippen molar-refractivity contribution < 1.29 is 13.9 Å². The number of hydrogen-bond donors (Lipinski definition) is 2. The second-order valence-corrected chi connectivity index (χ2v) is 4.25. The number of benzene rings is 1. The lowest BCUT2D eigenvalue weighted by atomic mass is 10.2. The Morgan fingerprint density at radius 3 is 3.00 bits per heavy atom. The standard InChI is InChI=1S/C14H11N3O4/c18-13(20-8-12-15-14(19)17-16-12)6-5-10-7-9-3-1-2-4-11(9)21-10/h1-7H,8H2,(H2,15,16,17,19). The van der Waals surface area contributed by atoms with Gasteiger partial charge in [-0.2, -0.15) is 5.10 Å². The summed E-state index contributed by atoms with van der Waals surface area (Å²) in [5, 5.41) is 6.76. The van der Waals surface area contributed by atoms with Gasteiger partial charge in [0.2, 0.25) is 0 Å². The first-order chi connectivity index (χ1) is 10.2. The zero-order chi connectivity index (χ0) is 14.7. The van der Waals surface area contributed by atoms with Gasteiger partial charge in [-0.05, 0) is 18.2 Å². The van der Waals surface area contributed by atoms with Crippen LogP contribution >= 0.6 is 0 Å². The van der Waals surface area contributed by atoms with Gasteiger partial charge in [0.05, 0.1) is 0 Å². The van der Waals surface area contributed by atoms with E-state index in [1.54, 1.807) is 0 Å². The van der Waals surface area contributed by atoms with Crippen LogP contribution in [0.15, 0.2) is 45.6 Å². The maximum atomic E-state index is 11.5. The number of aromatic nitrogens is 3. The Morgan fingerprint density at radius 2 is 2.24 bits per heavy atom. The van der Waals surface area contributed by atoms with Crippen molar-refractivity contribution in [2.75, 3.05) is 0 Å². The fourth-order valence-electron chi connectivity index (χ4n) is 1.80. The molecule has 7 heteroatoms. The molecule has 1 aromatic carbocycles. The molecule has 106 valence electrons. The summed E-state index contributed by atoms with van der Waals surface area (Å²) in [5.74, 6) is 0.256. The van der Waals surface area contributed by atoms with Crippen molar-refractivity contribution in [3.63, 3.8) is 0 Å². The SMILES string of the molecule is O=C(C=Cc1cc2ccccc2o1)OCc1n[nH]c(=O)[nH]1. The lowest BCUT2D eigenvalue weighted by Crippen LogP contribution is -2.04. The van der Waals surface area contributed by atoms with E-state index < -0.39 is 11.7 Å². The van der Waals surface area contributed by atoms with E-state index >= 15 is 0 Å². The second-order valence-electron chi connectivity index (χ2n) is 4.25. The molecule has 0 aliphatic carbocycles. The van der Waals surface area contributed by atoms with E-state index in [-0.39, 0.29) is 12.4 Å². The largest absolute Gasteiger partial charge is 0.457 e. The van der Waals surface area contributed by atoms with E-state index in [9.17, 15) is 9.59 Å². The van der Waals surface area contributed by atoms with Crippen LogP contribution in [-0.4, -0.2) is 21.2 Å². The zero-order valence-corrected chi connectivity index (χ0v) is 10.8. The Morgan fingerprint density at radius 1 is 1.38 bits per heavy atom. The molecule has 2 aromatic heterocycles. The number of H-pyrrole nitrogens is 2. The Bertz CT molecular complexity index is 823. The molecule has 0 saturated carbocycles. The molecule has 0 bridgehead atoms. The molecule has 21 heavy (non-hydrogen) atoms. The first-order valence-electron chi connectivity index (χ1n) is 6.18. The van der Waals surface area contributed by atoms with Gasteiger partial charge in [0.25, 0.3) is 0 Å². The fourth-order valence-corrected chi connectivity index (χ4v) is 1.80. The van der Waals surface area contributed by atoms with Crippen molar-refractivity contribution in [1.29, 1.82) is 0 Å². The van der Waals surface area contributed by atoms with Crippen LogP contribution in [0.5, 0.6) is 0 Å². The molecule has 7 nitrogen and oxygen atoms in total. The van der Waals surface area contributed by atoms with Gasteiger partial charge in [0.15, 0.2) is 12.4 Å². The summed E-state index contributed by atoms with van der Waals surface area (Å²) in [6.45, 7) is -0.109. The third-order valence-electron chi connectivity index (χ3n) is 2.73. The number of carbonyl (C=O) groups excluding carboxylic acids is 1. The fraction of sp³-hybridized carbons (Fsp3) is 0.0714. The van der Waals surface area contributed by atoms with Gasteiger partial charge in [-0.15, -0.1) is 0 Å². The first-order valence-corrected chi connectivity index (χ1v) is 6.18. The number of ether oxygens (including phenoxy) is 1. The second kappa shape index (κ2) is 5.49. The molecular weight excluding hydrogens is 274 g/mol. The summed E-state index contributed by atoms with van der Waals surface area (Å²) >= 11 is 0. The van der Waals surface area contributed by atoms with Gasteiger partial charge in [-0.3, -0.25) is 4.98 Å². The number of carbonyl (C=O) groups is 1. The van der Waals surface area contributed by atoms with Crippen molar-refractivity contribution in [3.05, 3.63) is 58.5 Å². The molecule has 0 saturated heterocycles. The minimum atomic E-state index is -0.556. The van der Waals surface area contributed by atoms with Crippen molar-refractivity contribution in [2.24, 2.45) is 0 Å². The molecule has 0 aliphatic rings. The molecule has 2 N–H and O–H groups in total. The van der Waals surface area contributed by atoms with Gasteiger partial charge in [0, 0.05) is 11.5 Å². The molecule has 0 radical (unpaired) electrons. The summed E-state index contributed by atoms with van der Waals surface area (Å²) in [6.07, 6.45) is 2.78. The highest BCUT2D eigenvalue weighted by Crippen LogP contribution is 2.19. The number of rotatable bonds is 4. The Kier molecular flexibility index (Phi) is 3.38. The smallest absolute Gasteiger partial charge is 0.340 e. The predicted molar refractivity (Wildman–Crippen MR) is 74.3 cm³/mol. The van der Waals surface area contributed by atoms with Gasteiger partial charge in [-0.25, -0.2) is 14.7 Å². The Hall–Kier alpha value is -3.09. The molecule has 0 unspecified atom stereocenters. The van der Waals surface area contributed by atoms with E-state index in [4.69, 9.17) is 9.15 Å². The Balaban J connectivity index is 1.62. The zero-order valence-electron chi connectivity index (χ0n) is 10.8. The molecule has 0 spiro atoms. The molecule has 3 rings (SSSR count). The molecular formula is C14H11N3O4. The van der Waals surface area contributed by atoms with E-state index in [0.717, 1.165) is 11.0 Å². The van der Waals surface area contributed by atoms with Gasteiger partial charge in [0.1, 0.15) is 11.3 Å². The average Bonchev–Trinajstić information content (AvgIpc) is 3.08. The van der Waals surface area contributed by atoms with Crippen LogP contribution in [0.25, 0.3) is 17.0 Å². The number of furan rings is 1. The number of nitrogens with zero attached hydrogens (tertiary/aromatic N) is 1. The average molecular weight is 285 g/mol. The monoisotopic (exact) mass is 285 g/mol. The minimum absolute atomic E-state index is 0.109. The molecule has 0 aliphatic heterocycles. The lowest BCUT2D eigenvalue weighted by Gasteiger charge is -1.96. The number of hydrogen-bond acceptors (Lipinski definition) is 5. The van der Waals surface area contributed by atoms with Crippen molar-refractivity contribution in [2.45, 2.75) is 6.61 Å². The normalized spacial score (nSPS) is 11.2. The summed E-state index contributed by atoms with van der Waals surface area (Å²) < 4.78 is 10.4. The van der Waals surface area contributed by atoms with Crippen LogP contribution in [0.4, 0.5) is 0 Å². The van der Waals surface area contributed by atoms with Crippen molar-refractivity contribution >= 4 is 23.0 Å². The molecule has 2 heterocycles.